The van der Waals surface area contributed by atoms with Crippen LogP contribution in [0.1, 0.15) is 24.7 Å². The number of hydrogen-bond donors (Lipinski definition) is 1. The van der Waals surface area contributed by atoms with Crippen molar-refractivity contribution in [3.63, 3.8) is 0 Å². The molecule has 0 radical (unpaired) electrons. The Kier molecular flexibility index (Phi) is 4.73. The van der Waals surface area contributed by atoms with Crippen molar-refractivity contribution in [3.8, 4) is 0 Å². The quantitative estimate of drug-likeness (QED) is 0.849. The lowest BCUT2D eigenvalue weighted by atomic mass is 10.3. The van der Waals surface area contributed by atoms with Crippen LogP contribution in [0.3, 0.4) is 0 Å². The van der Waals surface area contributed by atoms with Crippen molar-refractivity contribution in [2.45, 2.75) is 37.1 Å². The van der Waals surface area contributed by atoms with Gasteiger partial charge in [0.2, 0.25) is 10.0 Å². The molecule has 1 fully saturated rings. The Morgan fingerprint density at radius 2 is 2.15 bits per heavy atom. The standard InChI is InChI=1S/C12H21ClN4O2S/c1-9-8-16(3)5-4-6-17(9)20(18,19)12-10(2)14-15-11(12)7-13/h9H,4-8H2,1-3H3,(H,14,15). The van der Waals surface area contributed by atoms with Crippen LogP contribution in [0.15, 0.2) is 4.90 Å². The van der Waals surface area contributed by atoms with Crippen LogP contribution in [0.2, 0.25) is 0 Å². The highest BCUT2D eigenvalue weighted by atomic mass is 35.5. The predicted octanol–water partition coefficient (Wildman–Crippen LogP) is 1.17. The first kappa shape index (κ1) is 15.8. The number of hydrogen-bond acceptors (Lipinski definition) is 4. The number of rotatable bonds is 3. The lowest BCUT2D eigenvalue weighted by Crippen LogP contribution is -2.42. The van der Waals surface area contributed by atoms with E-state index in [4.69, 9.17) is 11.6 Å². The summed E-state index contributed by atoms with van der Waals surface area (Å²) in [6, 6.07) is -0.0648. The molecule has 20 heavy (non-hydrogen) atoms. The molecule has 114 valence electrons. The second-order valence-corrected chi connectivity index (χ2v) is 7.43. The van der Waals surface area contributed by atoms with E-state index in [2.05, 4.69) is 15.1 Å². The molecule has 1 aromatic rings. The fraction of sp³-hybridized carbons (Fsp3) is 0.750. The summed E-state index contributed by atoms with van der Waals surface area (Å²) in [4.78, 5) is 2.40. The van der Waals surface area contributed by atoms with Crippen molar-refractivity contribution >= 4 is 21.6 Å². The molecule has 1 saturated heterocycles. The van der Waals surface area contributed by atoms with Gasteiger partial charge in [0.25, 0.3) is 0 Å². The molecule has 8 heteroatoms. The third kappa shape index (κ3) is 2.86. The Bertz CT molecular complexity index is 572. The highest BCUT2D eigenvalue weighted by molar-refractivity contribution is 7.89. The number of halogens is 1. The van der Waals surface area contributed by atoms with Gasteiger partial charge >= 0.3 is 0 Å². The fourth-order valence-electron chi connectivity index (χ4n) is 2.73. The molecule has 0 bridgehead atoms. The number of nitrogens with one attached hydrogen (secondary N) is 1. The number of likely N-dealkylation sites (N-methyl/N-ethyl adjacent to an activating group) is 1. The average Bonchev–Trinajstić information content (AvgIpc) is 2.66. The average molecular weight is 321 g/mol. The molecular weight excluding hydrogens is 300 g/mol. The Balaban J connectivity index is 2.41. The molecule has 6 nitrogen and oxygen atoms in total. The van der Waals surface area contributed by atoms with E-state index in [0.717, 1.165) is 19.5 Å². The van der Waals surface area contributed by atoms with E-state index in [0.29, 0.717) is 17.9 Å². The zero-order valence-corrected chi connectivity index (χ0v) is 13.6. The predicted molar refractivity (Wildman–Crippen MR) is 78.3 cm³/mol. The van der Waals surface area contributed by atoms with Crippen molar-refractivity contribution in [1.29, 1.82) is 0 Å². The van der Waals surface area contributed by atoms with Crippen molar-refractivity contribution in [3.05, 3.63) is 11.4 Å². The molecule has 0 aromatic carbocycles. The third-order valence-electron chi connectivity index (χ3n) is 3.64. The van der Waals surface area contributed by atoms with Gasteiger partial charge in [-0.05, 0) is 33.9 Å². The molecule has 0 amide bonds. The largest absolute Gasteiger partial charge is 0.305 e. The SMILES string of the molecule is Cc1[nH]nc(CCl)c1S(=O)(=O)N1CCCN(C)CC1C. The zero-order valence-electron chi connectivity index (χ0n) is 12.1. The van der Waals surface area contributed by atoms with Crippen LogP contribution in [0.4, 0.5) is 0 Å². The summed E-state index contributed by atoms with van der Waals surface area (Å²) < 4.78 is 27.4. The molecule has 1 aliphatic rings. The Hall–Kier alpha value is -0.630. The maximum absolute atomic E-state index is 12.9. The van der Waals surface area contributed by atoms with Gasteiger partial charge in [-0.25, -0.2) is 8.42 Å². The van der Waals surface area contributed by atoms with Crippen molar-refractivity contribution in [2.24, 2.45) is 0 Å². The maximum atomic E-state index is 12.9. The van der Waals surface area contributed by atoms with E-state index < -0.39 is 10.0 Å². The van der Waals surface area contributed by atoms with Gasteiger partial charge in [-0.15, -0.1) is 11.6 Å². The van der Waals surface area contributed by atoms with Gasteiger partial charge in [-0.2, -0.15) is 9.40 Å². The summed E-state index contributed by atoms with van der Waals surface area (Å²) in [5, 5.41) is 6.71. The Morgan fingerprint density at radius 1 is 1.45 bits per heavy atom. The van der Waals surface area contributed by atoms with Crippen molar-refractivity contribution < 1.29 is 8.42 Å². The Morgan fingerprint density at radius 3 is 2.80 bits per heavy atom. The molecule has 1 N–H and O–H groups in total. The second kappa shape index (κ2) is 6.01. The van der Waals surface area contributed by atoms with Gasteiger partial charge in [0.05, 0.1) is 17.3 Å². The molecule has 0 saturated carbocycles. The van der Waals surface area contributed by atoms with Crippen molar-refractivity contribution in [2.75, 3.05) is 26.7 Å². The highest BCUT2D eigenvalue weighted by Crippen LogP contribution is 2.26. The number of aryl methyl sites for hydroxylation is 1. The summed E-state index contributed by atoms with van der Waals surface area (Å²) in [5.74, 6) is 0.0844. The van der Waals surface area contributed by atoms with Crippen LogP contribution in [-0.2, 0) is 15.9 Å². The zero-order chi connectivity index (χ0) is 14.9. The van der Waals surface area contributed by atoms with Gasteiger partial charge in [-0.1, -0.05) is 0 Å². The van der Waals surface area contributed by atoms with Crippen LogP contribution in [-0.4, -0.2) is 60.5 Å². The van der Waals surface area contributed by atoms with Gasteiger partial charge < -0.3 is 4.90 Å². The summed E-state index contributed by atoms with van der Waals surface area (Å²) in [7, 11) is -1.55. The maximum Gasteiger partial charge on any atom is 0.247 e. The first-order valence-electron chi connectivity index (χ1n) is 6.68. The van der Waals surface area contributed by atoms with Gasteiger partial charge in [-0.3, -0.25) is 5.10 Å². The molecule has 1 atom stereocenters. The first-order valence-corrected chi connectivity index (χ1v) is 8.65. The molecule has 0 spiro atoms. The van der Waals surface area contributed by atoms with E-state index in [-0.39, 0.29) is 16.8 Å². The van der Waals surface area contributed by atoms with Crippen LogP contribution in [0.25, 0.3) is 0 Å². The number of aromatic amines is 1. The molecule has 2 heterocycles. The number of aromatic nitrogens is 2. The number of sulfonamides is 1. The monoisotopic (exact) mass is 320 g/mol. The number of H-pyrrole nitrogens is 1. The summed E-state index contributed by atoms with van der Waals surface area (Å²) in [6.45, 7) is 5.81. The van der Waals surface area contributed by atoms with Crippen LogP contribution < -0.4 is 0 Å². The second-order valence-electron chi connectivity index (χ2n) is 5.34. The van der Waals surface area contributed by atoms with E-state index in [1.807, 2.05) is 14.0 Å². The van der Waals surface area contributed by atoms with Gasteiger partial charge in [0.15, 0.2) is 0 Å². The lowest BCUT2D eigenvalue weighted by Gasteiger charge is -2.27. The highest BCUT2D eigenvalue weighted by Gasteiger charge is 2.35. The van der Waals surface area contributed by atoms with Crippen LogP contribution in [0, 0.1) is 6.92 Å². The van der Waals surface area contributed by atoms with E-state index in [1.54, 1.807) is 11.2 Å². The number of nitrogens with zero attached hydrogens (tertiary/aromatic N) is 3. The normalized spacial score (nSPS) is 22.9. The topological polar surface area (TPSA) is 69.3 Å². The van der Waals surface area contributed by atoms with E-state index in [1.165, 1.54) is 0 Å². The van der Waals surface area contributed by atoms with Crippen LogP contribution in [0.5, 0.6) is 0 Å². The Labute approximate surface area is 125 Å². The summed E-state index contributed by atoms with van der Waals surface area (Å²) in [6.07, 6.45) is 0.827. The third-order valence-corrected chi connectivity index (χ3v) is 6.11. The molecule has 0 aliphatic carbocycles. The molecule has 1 aromatic heterocycles. The van der Waals surface area contributed by atoms with E-state index in [9.17, 15) is 8.42 Å². The molecule has 1 unspecified atom stereocenters. The lowest BCUT2D eigenvalue weighted by molar-refractivity contribution is 0.290. The first-order chi connectivity index (χ1) is 9.37. The summed E-state index contributed by atoms with van der Waals surface area (Å²) >= 11 is 5.81. The smallest absolute Gasteiger partial charge is 0.247 e. The minimum absolute atomic E-state index is 0.0648. The van der Waals surface area contributed by atoms with Gasteiger partial charge in [0, 0.05) is 19.1 Å². The molecule has 2 rings (SSSR count). The molecular formula is C12H21ClN4O2S. The van der Waals surface area contributed by atoms with Gasteiger partial charge in [0.1, 0.15) is 4.90 Å². The minimum Gasteiger partial charge on any atom is -0.305 e. The number of alkyl halides is 1. The summed E-state index contributed by atoms with van der Waals surface area (Å²) in [5.41, 5.74) is 0.944. The van der Waals surface area contributed by atoms with E-state index >= 15 is 0 Å². The fourth-order valence-corrected chi connectivity index (χ4v) is 4.99. The molecule has 1 aliphatic heterocycles. The minimum atomic E-state index is -3.56. The van der Waals surface area contributed by atoms with Crippen molar-refractivity contribution in [1.82, 2.24) is 19.4 Å². The van der Waals surface area contributed by atoms with Crippen LogP contribution >= 0.6 is 11.6 Å².